The average Bonchev–Trinajstić information content (AvgIpc) is 2.04. The molecule has 1 heteroatoms. The maximum atomic E-state index is 9.50. The van der Waals surface area contributed by atoms with Gasteiger partial charge in [0.2, 0.25) is 0 Å². The van der Waals surface area contributed by atoms with E-state index in [1.54, 1.807) is 0 Å². The molecule has 1 rings (SSSR count). The summed E-state index contributed by atoms with van der Waals surface area (Å²) < 4.78 is 0. The summed E-state index contributed by atoms with van der Waals surface area (Å²) in [5.74, 6) is 0.907. The van der Waals surface area contributed by atoms with Crippen LogP contribution in [0.15, 0.2) is 0 Å². The second kappa shape index (κ2) is 5.58. The maximum absolute atomic E-state index is 9.50. The van der Waals surface area contributed by atoms with E-state index in [2.05, 4.69) is 6.92 Å². The molecule has 0 saturated heterocycles. The molecule has 1 aliphatic carbocycles. The Balaban J connectivity index is 2.24. The molecule has 0 aromatic rings. The van der Waals surface area contributed by atoms with Gasteiger partial charge in [-0.05, 0) is 25.2 Å². The van der Waals surface area contributed by atoms with E-state index in [-0.39, 0.29) is 6.10 Å². The lowest BCUT2D eigenvalue weighted by molar-refractivity contribution is 0.129. The van der Waals surface area contributed by atoms with Gasteiger partial charge in [-0.2, -0.15) is 0 Å². The fourth-order valence-electron chi connectivity index (χ4n) is 2.23. The molecule has 12 heavy (non-hydrogen) atoms. The zero-order valence-electron chi connectivity index (χ0n) is 8.26. The van der Waals surface area contributed by atoms with E-state index in [1.165, 1.54) is 38.5 Å². The molecule has 0 aromatic heterocycles. The lowest BCUT2D eigenvalue weighted by atomic mass is 9.87. The van der Waals surface area contributed by atoms with E-state index < -0.39 is 0 Å². The Labute approximate surface area is 76.2 Å². The molecule has 1 aliphatic rings. The molecule has 1 fully saturated rings. The summed E-state index contributed by atoms with van der Waals surface area (Å²) in [5, 5.41) is 9.50. The first-order chi connectivity index (χ1) is 5.83. The number of hydrogen-bond acceptors (Lipinski definition) is 1. The highest BCUT2D eigenvalue weighted by Crippen LogP contribution is 2.25. The third-order valence-corrected chi connectivity index (χ3v) is 3.00. The molecule has 2 unspecified atom stereocenters. The van der Waals surface area contributed by atoms with Gasteiger partial charge in [0.05, 0.1) is 6.10 Å². The van der Waals surface area contributed by atoms with Gasteiger partial charge in [-0.1, -0.05) is 39.0 Å². The van der Waals surface area contributed by atoms with Crippen LogP contribution in [0.25, 0.3) is 0 Å². The lowest BCUT2D eigenvalue weighted by Gasteiger charge is -2.21. The summed E-state index contributed by atoms with van der Waals surface area (Å²) in [6.07, 6.45) is 10.0. The van der Waals surface area contributed by atoms with Crippen molar-refractivity contribution >= 4 is 0 Å². The average molecular weight is 170 g/mol. The molecule has 0 bridgehead atoms. The monoisotopic (exact) mass is 170 g/mol. The molecule has 0 aromatic carbocycles. The minimum absolute atomic E-state index is 0.00431. The van der Waals surface area contributed by atoms with Crippen LogP contribution in [0.1, 0.15) is 58.3 Å². The van der Waals surface area contributed by atoms with E-state index in [4.69, 9.17) is 0 Å². The lowest BCUT2D eigenvalue weighted by Crippen LogP contribution is -2.13. The second-order valence-electron chi connectivity index (χ2n) is 4.17. The summed E-state index contributed by atoms with van der Waals surface area (Å²) >= 11 is 0. The number of aliphatic hydroxyl groups excluding tert-OH is 1. The zero-order chi connectivity index (χ0) is 8.81. The standard InChI is InChI=1S/C11H22O/c1-2-5-10-6-3-4-7-11(12)9-8-10/h10-12H,2-9H2,1H3. The van der Waals surface area contributed by atoms with Gasteiger partial charge in [0.15, 0.2) is 0 Å². The van der Waals surface area contributed by atoms with Crippen molar-refractivity contribution in [3.05, 3.63) is 0 Å². The van der Waals surface area contributed by atoms with Crippen LogP contribution in [0.4, 0.5) is 0 Å². The summed E-state index contributed by atoms with van der Waals surface area (Å²) in [4.78, 5) is 0. The van der Waals surface area contributed by atoms with E-state index in [0.717, 1.165) is 18.8 Å². The van der Waals surface area contributed by atoms with Crippen LogP contribution in [0.3, 0.4) is 0 Å². The Morgan fingerprint density at radius 2 is 1.83 bits per heavy atom. The summed E-state index contributed by atoms with van der Waals surface area (Å²) in [6, 6.07) is 0. The van der Waals surface area contributed by atoms with Crippen molar-refractivity contribution < 1.29 is 5.11 Å². The zero-order valence-corrected chi connectivity index (χ0v) is 8.26. The van der Waals surface area contributed by atoms with Crippen LogP contribution in [0.2, 0.25) is 0 Å². The van der Waals surface area contributed by atoms with Gasteiger partial charge in [0.25, 0.3) is 0 Å². The Morgan fingerprint density at radius 3 is 2.58 bits per heavy atom. The molecule has 0 radical (unpaired) electrons. The van der Waals surface area contributed by atoms with E-state index >= 15 is 0 Å². The molecule has 72 valence electrons. The summed E-state index contributed by atoms with van der Waals surface area (Å²) in [7, 11) is 0. The van der Waals surface area contributed by atoms with Crippen LogP contribution in [0.5, 0.6) is 0 Å². The van der Waals surface area contributed by atoms with E-state index in [0.29, 0.717) is 0 Å². The number of hydrogen-bond donors (Lipinski definition) is 1. The highest BCUT2D eigenvalue weighted by molar-refractivity contribution is 4.67. The normalized spacial score (nSPS) is 32.5. The molecular weight excluding hydrogens is 148 g/mol. The first-order valence-corrected chi connectivity index (χ1v) is 5.51. The molecule has 1 saturated carbocycles. The van der Waals surface area contributed by atoms with Crippen LogP contribution >= 0.6 is 0 Å². The smallest absolute Gasteiger partial charge is 0.0540 e. The van der Waals surface area contributed by atoms with Crippen LogP contribution in [-0.2, 0) is 0 Å². The maximum Gasteiger partial charge on any atom is 0.0540 e. The Morgan fingerprint density at radius 1 is 1.08 bits per heavy atom. The van der Waals surface area contributed by atoms with Crippen molar-refractivity contribution in [3.63, 3.8) is 0 Å². The second-order valence-corrected chi connectivity index (χ2v) is 4.17. The van der Waals surface area contributed by atoms with Crippen molar-refractivity contribution in [2.75, 3.05) is 0 Å². The topological polar surface area (TPSA) is 20.2 Å². The Bertz CT molecular complexity index is 112. The summed E-state index contributed by atoms with van der Waals surface area (Å²) in [6.45, 7) is 2.26. The van der Waals surface area contributed by atoms with Crippen LogP contribution in [-0.4, -0.2) is 11.2 Å². The largest absolute Gasteiger partial charge is 0.393 e. The van der Waals surface area contributed by atoms with Crippen molar-refractivity contribution in [1.29, 1.82) is 0 Å². The molecule has 0 aliphatic heterocycles. The Hall–Kier alpha value is -0.0400. The third-order valence-electron chi connectivity index (χ3n) is 3.00. The highest BCUT2D eigenvalue weighted by atomic mass is 16.3. The van der Waals surface area contributed by atoms with Gasteiger partial charge in [-0.25, -0.2) is 0 Å². The number of aliphatic hydroxyl groups is 1. The molecule has 1 nitrogen and oxygen atoms in total. The first-order valence-electron chi connectivity index (χ1n) is 5.51. The third kappa shape index (κ3) is 3.57. The van der Waals surface area contributed by atoms with E-state index in [9.17, 15) is 5.11 Å². The summed E-state index contributed by atoms with van der Waals surface area (Å²) in [5.41, 5.74) is 0. The van der Waals surface area contributed by atoms with Gasteiger partial charge < -0.3 is 5.11 Å². The minimum atomic E-state index is 0.00431. The van der Waals surface area contributed by atoms with Crippen molar-refractivity contribution in [3.8, 4) is 0 Å². The fraction of sp³-hybridized carbons (Fsp3) is 1.00. The number of rotatable bonds is 2. The molecule has 0 heterocycles. The molecule has 0 spiro atoms. The van der Waals surface area contributed by atoms with Crippen molar-refractivity contribution in [2.24, 2.45) is 5.92 Å². The molecule has 0 amide bonds. The van der Waals surface area contributed by atoms with Gasteiger partial charge in [-0.3, -0.25) is 0 Å². The minimum Gasteiger partial charge on any atom is -0.393 e. The SMILES string of the molecule is CCCC1CCCCC(O)CC1. The first kappa shape index (κ1) is 10.0. The van der Waals surface area contributed by atoms with Gasteiger partial charge in [0, 0.05) is 0 Å². The highest BCUT2D eigenvalue weighted by Gasteiger charge is 2.14. The van der Waals surface area contributed by atoms with Gasteiger partial charge in [0.1, 0.15) is 0 Å². The van der Waals surface area contributed by atoms with Crippen LogP contribution < -0.4 is 0 Å². The van der Waals surface area contributed by atoms with Crippen molar-refractivity contribution in [2.45, 2.75) is 64.4 Å². The predicted octanol–water partition coefficient (Wildman–Crippen LogP) is 3.12. The van der Waals surface area contributed by atoms with Crippen LogP contribution in [0, 0.1) is 5.92 Å². The predicted molar refractivity (Wildman–Crippen MR) is 52.1 cm³/mol. The molecule has 1 N–H and O–H groups in total. The fourth-order valence-corrected chi connectivity index (χ4v) is 2.23. The van der Waals surface area contributed by atoms with Crippen molar-refractivity contribution in [1.82, 2.24) is 0 Å². The molecule has 2 atom stereocenters. The van der Waals surface area contributed by atoms with Gasteiger partial charge in [-0.15, -0.1) is 0 Å². The quantitative estimate of drug-likeness (QED) is 0.675. The van der Waals surface area contributed by atoms with E-state index in [1.807, 2.05) is 0 Å². The van der Waals surface area contributed by atoms with Gasteiger partial charge >= 0.3 is 0 Å². The Kier molecular flexibility index (Phi) is 4.67. The molecular formula is C11H22O.